The van der Waals surface area contributed by atoms with E-state index < -0.39 is 0 Å². The Labute approximate surface area is 212 Å². The van der Waals surface area contributed by atoms with Crippen molar-refractivity contribution in [3.63, 3.8) is 0 Å². The minimum absolute atomic E-state index is 0.132. The lowest BCUT2D eigenvalue weighted by Gasteiger charge is -2.43. The van der Waals surface area contributed by atoms with Crippen molar-refractivity contribution in [2.24, 2.45) is 0 Å². The van der Waals surface area contributed by atoms with E-state index >= 15 is 0 Å². The van der Waals surface area contributed by atoms with E-state index in [9.17, 15) is 0 Å². The van der Waals surface area contributed by atoms with Gasteiger partial charge in [-0.05, 0) is 34.4 Å². The molecule has 172 valence electrons. The first-order chi connectivity index (χ1) is 16.7. The third-order valence-electron chi connectivity index (χ3n) is 6.71. The molecule has 0 bridgehead atoms. The third-order valence-corrected chi connectivity index (χ3v) is 7.40. The highest BCUT2D eigenvalue weighted by atomic mass is 35.5. The zero-order chi connectivity index (χ0) is 23.3. The van der Waals surface area contributed by atoms with Gasteiger partial charge in [0.2, 0.25) is 0 Å². The minimum Gasteiger partial charge on any atom is -0.290 e. The summed E-state index contributed by atoms with van der Waals surface area (Å²) in [5.41, 5.74) is 4.87. The number of halogens is 2. The summed E-state index contributed by atoms with van der Waals surface area (Å²) in [4.78, 5) is 5.11. The lowest BCUT2D eigenvalue weighted by Crippen LogP contribution is -2.49. The van der Waals surface area contributed by atoms with Crippen molar-refractivity contribution in [2.75, 3.05) is 26.2 Å². The lowest BCUT2D eigenvalue weighted by atomic mass is 9.94. The molecule has 2 atom stereocenters. The van der Waals surface area contributed by atoms with Crippen LogP contribution in [0, 0.1) is 0 Å². The van der Waals surface area contributed by atoms with Crippen LogP contribution in [0.15, 0.2) is 109 Å². The van der Waals surface area contributed by atoms with E-state index in [1.165, 1.54) is 11.1 Å². The van der Waals surface area contributed by atoms with Gasteiger partial charge in [0, 0.05) is 36.2 Å². The summed E-state index contributed by atoms with van der Waals surface area (Å²) in [6.07, 6.45) is 0. The van der Waals surface area contributed by atoms with E-state index in [2.05, 4.69) is 94.7 Å². The summed E-state index contributed by atoms with van der Waals surface area (Å²) in [5.74, 6) is 0. The molecule has 5 rings (SSSR count). The normalized spacial score (nSPS) is 16.8. The number of rotatable bonds is 6. The molecule has 0 unspecified atom stereocenters. The Kier molecular flexibility index (Phi) is 7.32. The molecule has 4 heteroatoms. The van der Waals surface area contributed by atoms with Crippen LogP contribution in [0.1, 0.15) is 34.3 Å². The summed E-state index contributed by atoms with van der Waals surface area (Å²) in [6, 6.07) is 38.1. The van der Waals surface area contributed by atoms with Crippen molar-refractivity contribution in [2.45, 2.75) is 12.1 Å². The van der Waals surface area contributed by atoms with E-state index in [4.69, 9.17) is 23.2 Å². The summed E-state index contributed by atoms with van der Waals surface area (Å²) in [5, 5.41) is 1.63. The van der Waals surface area contributed by atoms with Gasteiger partial charge in [0.15, 0.2) is 0 Å². The molecule has 0 N–H and O–H groups in total. The topological polar surface area (TPSA) is 6.48 Å². The predicted molar refractivity (Wildman–Crippen MR) is 143 cm³/mol. The van der Waals surface area contributed by atoms with Gasteiger partial charge < -0.3 is 0 Å². The Morgan fingerprint density at radius 3 is 1.12 bits per heavy atom. The van der Waals surface area contributed by atoms with E-state index in [1.807, 2.05) is 24.3 Å². The second-order valence-electron chi connectivity index (χ2n) is 8.74. The molecule has 0 aliphatic carbocycles. The monoisotopic (exact) mass is 486 g/mol. The summed E-state index contributed by atoms with van der Waals surface area (Å²) < 4.78 is 0. The Morgan fingerprint density at radius 2 is 0.765 bits per heavy atom. The van der Waals surface area contributed by atoms with Crippen molar-refractivity contribution in [3.8, 4) is 0 Å². The van der Waals surface area contributed by atoms with Gasteiger partial charge in [0.25, 0.3) is 0 Å². The van der Waals surface area contributed by atoms with Gasteiger partial charge in [0.1, 0.15) is 0 Å². The molecular weight excluding hydrogens is 459 g/mol. The molecule has 4 aromatic carbocycles. The third kappa shape index (κ3) is 4.92. The highest BCUT2D eigenvalue weighted by Crippen LogP contribution is 2.37. The molecule has 2 nitrogen and oxygen atoms in total. The predicted octanol–water partition coefficient (Wildman–Crippen LogP) is 7.49. The summed E-state index contributed by atoms with van der Waals surface area (Å²) in [7, 11) is 0. The fraction of sp³-hybridized carbons (Fsp3) is 0.200. The molecule has 0 saturated carbocycles. The Hall–Kier alpha value is -2.62. The second-order valence-corrected chi connectivity index (χ2v) is 9.56. The zero-order valence-corrected chi connectivity index (χ0v) is 20.5. The van der Waals surface area contributed by atoms with Crippen LogP contribution < -0.4 is 0 Å². The van der Waals surface area contributed by atoms with Gasteiger partial charge in [-0.3, -0.25) is 9.80 Å². The molecule has 0 spiro atoms. The maximum Gasteiger partial charge on any atom is 0.0617 e. The molecule has 1 aliphatic rings. The van der Waals surface area contributed by atoms with Gasteiger partial charge in [-0.15, -0.1) is 0 Å². The Morgan fingerprint density at radius 1 is 0.441 bits per heavy atom. The molecule has 1 saturated heterocycles. The maximum atomic E-state index is 6.69. The second kappa shape index (κ2) is 10.8. The first-order valence-electron chi connectivity index (χ1n) is 11.8. The summed E-state index contributed by atoms with van der Waals surface area (Å²) >= 11 is 13.4. The average Bonchev–Trinajstić information content (AvgIpc) is 2.89. The molecule has 1 aliphatic heterocycles. The van der Waals surface area contributed by atoms with E-state index in [1.54, 1.807) is 0 Å². The number of benzene rings is 4. The standard InChI is InChI=1S/C30H28Cl2N2/c31-27-17-9-7-15-25(27)29(23-11-3-1-4-12-23)33-19-21-34(22-20-33)30(24-13-5-2-6-14-24)26-16-8-10-18-28(26)32/h1-18,29-30H,19-22H2/t29-,30-/m1/s1. The molecule has 4 aromatic rings. The van der Waals surface area contributed by atoms with Gasteiger partial charge in [0.05, 0.1) is 12.1 Å². The number of piperazine rings is 1. The van der Waals surface area contributed by atoms with E-state index in [0.717, 1.165) is 47.4 Å². The first kappa shape index (κ1) is 23.1. The minimum atomic E-state index is 0.132. The van der Waals surface area contributed by atoms with Gasteiger partial charge in [-0.25, -0.2) is 0 Å². The van der Waals surface area contributed by atoms with Crippen LogP contribution in [-0.4, -0.2) is 36.0 Å². The molecule has 1 fully saturated rings. The van der Waals surface area contributed by atoms with Crippen molar-refractivity contribution >= 4 is 23.2 Å². The molecule has 0 amide bonds. The molecule has 0 radical (unpaired) electrons. The van der Waals surface area contributed by atoms with Crippen LogP contribution in [0.25, 0.3) is 0 Å². The van der Waals surface area contributed by atoms with Gasteiger partial charge >= 0.3 is 0 Å². The smallest absolute Gasteiger partial charge is 0.0617 e. The number of nitrogens with zero attached hydrogens (tertiary/aromatic N) is 2. The van der Waals surface area contributed by atoms with Crippen LogP contribution in [-0.2, 0) is 0 Å². The molecule has 34 heavy (non-hydrogen) atoms. The fourth-order valence-electron chi connectivity index (χ4n) is 5.09. The van der Waals surface area contributed by atoms with Crippen LogP contribution in [0.5, 0.6) is 0 Å². The van der Waals surface area contributed by atoms with Crippen LogP contribution in [0.2, 0.25) is 10.0 Å². The van der Waals surface area contributed by atoms with E-state index in [0.29, 0.717) is 0 Å². The first-order valence-corrected chi connectivity index (χ1v) is 12.5. The van der Waals surface area contributed by atoms with Gasteiger partial charge in [-0.2, -0.15) is 0 Å². The summed E-state index contributed by atoms with van der Waals surface area (Å²) in [6.45, 7) is 3.77. The van der Waals surface area contributed by atoms with Crippen molar-refractivity contribution in [1.29, 1.82) is 0 Å². The number of hydrogen-bond acceptors (Lipinski definition) is 2. The SMILES string of the molecule is Clc1ccccc1[C@@H](c1ccccc1)N1CCN([C@H](c2ccccc2)c2ccccc2Cl)CC1. The van der Waals surface area contributed by atoms with Crippen molar-refractivity contribution in [3.05, 3.63) is 141 Å². The van der Waals surface area contributed by atoms with Crippen molar-refractivity contribution < 1.29 is 0 Å². The van der Waals surface area contributed by atoms with Crippen LogP contribution in [0.4, 0.5) is 0 Å². The van der Waals surface area contributed by atoms with Gasteiger partial charge in [-0.1, -0.05) is 120 Å². The highest BCUT2D eigenvalue weighted by molar-refractivity contribution is 6.31. The Balaban J connectivity index is 1.44. The molecule has 0 aromatic heterocycles. The van der Waals surface area contributed by atoms with Crippen molar-refractivity contribution in [1.82, 2.24) is 9.80 Å². The fourth-order valence-corrected chi connectivity index (χ4v) is 5.57. The van der Waals surface area contributed by atoms with Crippen LogP contribution in [0.3, 0.4) is 0 Å². The quantitative estimate of drug-likeness (QED) is 0.278. The lowest BCUT2D eigenvalue weighted by molar-refractivity contribution is 0.0899. The highest BCUT2D eigenvalue weighted by Gasteiger charge is 2.32. The van der Waals surface area contributed by atoms with E-state index in [-0.39, 0.29) is 12.1 Å². The largest absolute Gasteiger partial charge is 0.290 e. The number of hydrogen-bond donors (Lipinski definition) is 0. The van der Waals surface area contributed by atoms with Crippen LogP contribution >= 0.6 is 23.2 Å². The zero-order valence-electron chi connectivity index (χ0n) is 19.0. The molecular formula is C30H28Cl2N2. The Bertz CT molecular complexity index is 1110. The molecule has 1 heterocycles. The average molecular weight is 487 g/mol. The maximum absolute atomic E-state index is 6.69.